The van der Waals surface area contributed by atoms with Gasteiger partial charge in [0.05, 0.1) is 23.2 Å². The second kappa shape index (κ2) is 7.39. The maximum absolute atomic E-state index is 11.4. The van der Waals surface area contributed by atoms with E-state index in [9.17, 15) is 10.4 Å². The standard InChI is InChI=1S/C30H36N2O2/c1-18(2)26-24-25(23-21(32-26)15-28(3,4)16-22(23)33)30(11-5-6-12-30)34-27(24)19-7-9-20(10-8-19)29(17-31)13-14-29/h7-10,18,22,27,33H,5-6,11-16H2,1-4H3/t22?,27-/m1/s1. The molecule has 4 nitrogen and oxygen atoms in total. The molecule has 2 aromatic rings. The van der Waals surface area contributed by atoms with E-state index >= 15 is 0 Å². The molecule has 2 saturated carbocycles. The number of benzene rings is 1. The molecule has 1 aliphatic heterocycles. The van der Waals surface area contributed by atoms with Gasteiger partial charge in [-0.2, -0.15) is 5.26 Å². The minimum atomic E-state index is -0.492. The summed E-state index contributed by atoms with van der Waals surface area (Å²) < 4.78 is 7.07. The number of rotatable bonds is 3. The van der Waals surface area contributed by atoms with E-state index in [0.717, 1.165) is 79.4 Å². The Morgan fingerprint density at radius 1 is 1.06 bits per heavy atom. The highest BCUT2D eigenvalue weighted by Gasteiger charge is 2.53. The summed E-state index contributed by atoms with van der Waals surface area (Å²) in [5.41, 5.74) is 7.47. The van der Waals surface area contributed by atoms with Crippen LogP contribution in [0.15, 0.2) is 24.3 Å². The summed E-state index contributed by atoms with van der Waals surface area (Å²) in [7, 11) is 0. The third-order valence-electron chi connectivity index (χ3n) is 8.86. The Labute approximate surface area is 203 Å². The van der Waals surface area contributed by atoms with Gasteiger partial charge in [-0.05, 0) is 66.5 Å². The van der Waals surface area contributed by atoms with Crippen molar-refractivity contribution in [1.29, 1.82) is 5.26 Å². The topological polar surface area (TPSA) is 66.1 Å². The molecule has 2 fully saturated rings. The number of nitrogens with zero attached hydrogens (tertiary/aromatic N) is 2. The van der Waals surface area contributed by atoms with Gasteiger partial charge in [0, 0.05) is 22.5 Å². The van der Waals surface area contributed by atoms with Crippen LogP contribution in [0.5, 0.6) is 0 Å². The summed E-state index contributed by atoms with van der Waals surface area (Å²) in [6.07, 6.45) is 7.25. The number of aliphatic hydroxyl groups is 1. The molecule has 4 heteroatoms. The molecule has 1 spiro atoms. The minimum Gasteiger partial charge on any atom is -0.388 e. The summed E-state index contributed by atoms with van der Waals surface area (Å²) in [6, 6.07) is 11.1. The largest absolute Gasteiger partial charge is 0.388 e. The number of aromatic nitrogens is 1. The van der Waals surface area contributed by atoms with Crippen LogP contribution >= 0.6 is 0 Å². The van der Waals surface area contributed by atoms with Crippen LogP contribution in [0.1, 0.15) is 130 Å². The maximum Gasteiger partial charge on any atom is 0.111 e. The lowest BCUT2D eigenvalue weighted by Gasteiger charge is -2.38. The van der Waals surface area contributed by atoms with Crippen molar-refractivity contribution in [2.24, 2.45) is 5.41 Å². The molecule has 0 amide bonds. The first-order valence-corrected chi connectivity index (χ1v) is 13.1. The highest BCUT2D eigenvalue weighted by atomic mass is 16.5. The predicted octanol–water partition coefficient (Wildman–Crippen LogP) is 6.65. The number of aliphatic hydroxyl groups excluding tert-OH is 1. The van der Waals surface area contributed by atoms with Crippen LogP contribution in [-0.2, 0) is 22.2 Å². The van der Waals surface area contributed by atoms with Crippen LogP contribution in [0.25, 0.3) is 0 Å². The molecule has 1 unspecified atom stereocenters. The third kappa shape index (κ3) is 3.20. The lowest BCUT2D eigenvalue weighted by molar-refractivity contribution is -0.0580. The van der Waals surface area contributed by atoms with Gasteiger partial charge < -0.3 is 9.84 Å². The summed E-state index contributed by atoms with van der Waals surface area (Å²) in [5, 5.41) is 21.1. The first kappa shape index (κ1) is 22.3. The number of hydrogen-bond acceptors (Lipinski definition) is 4. The van der Waals surface area contributed by atoms with Crippen molar-refractivity contribution in [2.75, 3.05) is 0 Å². The van der Waals surface area contributed by atoms with Crippen LogP contribution in [0.2, 0.25) is 0 Å². The summed E-state index contributed by atoms with van der Waals surface area (Å²) >= 11 is 0. The molecule has 3 aliphatic carbocycles. The molecule has 1 aromatic heterocycles. The quantitative estimate of drug-likeness (QED) is 0.561. The molecule has 2 heterocycles. The van der Waals surface area contributed by atoms with Gasteiger partial charge in [0.15, 0.2) is 0 Å². The Morgan fingerprint density at radius 2 is 1.74 bits per heavy atom. The fraction of sp³-hybridized carbons (Fsp3) is 0.600. The molecule has 0 saturated heterocycles. The van der Waals surface area contributed by atoms with Crippen molar-refractivity contribution in [1.82, 2.24) is 4.98 Å². The number of fused-ring (bicyclic) bond motifs is 4. The molecule has 34 heavy (non-hydrogen) atoms. The highest BCUT2D eigenvalue weighted by Crippen LogP contribution is 2.59. The Kier molecular flexibility index (Phi) is 4.84. The van der Waals surface area contributed by atoms with Crippen LogP contribution in [0.4, 0.5) is 0 Å². The molecule has 1 aromatic carbocycles. The molecule has 0 radical (unpaired) electrons. The van der Waals surface area contributed by atoms with E-state index < -0.39 is 6.10 Å². The molecule has 4 aliphatic rings. The number of pyridine rings is 1. The minimum absolute atomic E-state index is 0.0406. The molecule has 1 N–H and O–H groups in total. The zero-order valence-electron chi connectivity index (χ0n) is 20.9. The maximum atomic E-state index is 11.4. The van der Waals surface area contributed by atoms with Crippen LogP contribution in [-0.4, -0.2) is 10.1 Å². The predicted molar refractivity (Wildman–Crippen MR) is 131 cm³/mol. The monoisotopic (exact) mass is 456 g/mol. The van der Waals surface area contributed by atoms with Crippen molar-refractivity contribution in [3.63, 3.8) is 0 Å². The van der Waals surface area contributed by atoms with Gasteiger partial charge in [0.1, 0.15) is 6.10 Å². The van der Waals surface area contributed by atoms with E-state index in [4.69, 9.17) is 9.72 Å². The first-order valence-electron chi connectivity index (χ1n) is 13.1. The molecule has 6 rings (SSSR count). The van der Waals surface area contributed by atoms with E-state index in [1.165, 1.54) is 11.1 Å². The van der Waals surface area contributed by atoms with Crippen molar-refractivity contribution in [3.8, 4) is 6.07 Å². The van der Waals surface area contributed by atoms with Gasteiger partial charge in [-0.1, -0.05) is 64.8 Å². The van der Waals surface area contributed by atoms with E-state index in [1.54, 1.807) is 0 Å². The number of hydrogen-bond donors (Lipinski definition) is 1. The fourth-order valence-corrected chi connectivity index (χ4v) is 6.98. The summed E-state index contributed by atoms with van der Waals surface area (Å²) in [5.74, 6) is 0.275. The summed E-state index contributed by atoms with van der Waals surface area (Å²) in [6.45, 7) is 8.93. The smallest absolute Gasteiger partial charge is 0.111 e. The van der Waals surface area contributed by atoms with Crippen molar-refractivity contribution in [2.45, 2.75) is 108 Å². The molecular weight excluding hydrogens is 420 g/mol. The zero-order chi connectivity index (χ0) is 23.9. The Morgan fingerprint density at radius 3 is 2.32 bits per heavy atom. The van der Waals surface area contributed by atoms with E-state index in [1.807, 2.05) is 0 Å². The van der Waals surface area contributed by atoms with Gasteiger partial charge in [-0.15, -0.1) is 0 Å². The summed E-state index contributed by atoms with van der Waals surface area (Å²) in [4.78, 5) is 5.26. The molecule has 178 valence electrons. The fourth-order valence-electron chi connectivity index (χ4n) is 6.98. The van der Waals surface area contributed by atoms with E-state index in [0.29, 0.717) is 0 Å². The van der Waals surface area contributed by atoms with E-state index in [2.05, 4.69) is 58.0 Å². The molecule has 0 bridgehead atoms. The van der Waals surface area contributed by atoms with Crippen molar-refractivity contribution in [3.05, 3.63) is 63.5 Å². The van der Waals surface area contributed by atoms with Crippen molar-refractivity contribution >= 4 is 0 Å². The second-order valence-electron chi connectivity index (χ2n) is 12.4. The van der Waals surface area contributed by atoms with Gasteiger partial charge in [0.25, 0.3) is 0 Å². The van der Waals surface area contributed by atoms with E-state index in [-0.39, 0.29) is 28.5 Å². The first-order chi connectivity index (χ1) is 16.2. The molecular formula is C30H36N2O2. The second-order valence-corrected chi connectivity index (χ2v) is 12.4. The average molecular weight is 457 g/mol. The van der Waals surface area contributed by atoms with Gasteiger partial charge in [0.2, 0.25) is 0 Å². The van der Waals surface area contributed by atoms with Gasteiger partial charge in [-0.25, -0.2) is 0 Å². The Balaban J connectivity index is 1.54. The van der Waals surface area contributed by atoms with Crippen LogP contribution in [0.3, 0.4) is 0 Å². The Bertz CT molecular complexity index is 1180. The third-order valence-corrected chi connectivity index (χ3v) is 8.86. The number of ether oxygens (including phenoxy) is 1. The van der Waals surface area contributed by atoms with Gasteiger partial charge in [-0.3, -0.25) is 4.98 Å². The Hall–Kier alpha value is -2.22. The van der Waals surface area contributed by atoms with Crippen LogP contribution in [0, 0.1) is 16.7 Å². The lowest BCUT2D eigenvalue weighted by atomic mass is 9.70. The van der Waals surface area contributed by atoms with Crippen molar-refractivity contribution < 1.29 is 9.84 Å². The SMILES string of the molecule is CC(C)c1nc2c(c3c1[C@@H](c1ccc(C4(C#N)CC4)cc1)OC31CCCC1)C(O)CC(C)(C)C2. The number of nitriles is 1. The van der Waals surface area contributed by atoms with Gasteiger partial charge >= 0.3 is 0 Å². The normalized spacial score (nSPS) is 27.4. The molecule has 2 atom stereocenters. The van der Waals surface area contributed by atoms with Crippen LogP contribution < -0.4 is 0 Å². The average Bonchev–Trinajstić information content (AvgIpc) is 3.34. The lowest BCUT2D eigenvalue weighted by Crippen LogP contribution is -2.32. The highest BCUT2D eigenvalue weighted by molar-refractivity contribution is 5.55. The zero-order valence-corrected chi connectivity index (χ0v) is 20.9.